The van der Waals surface area contributed by atoms with Crippen LogP contribution in [0.2, 0.25) is 0 Å². The first kappa shape index (κ1) is 10.6. The summed E-state index contributed by atoms with van der Waals surface area (Å²) in [5, 5.41) is 0. The van der Waals surface area contributed by atoms with Gasteiger partial charge >= 0.3 is 0 Å². The molecule has 0 fully saturated rings. The summed E-state index contributed by atoms with van der Waals surface area (Å²) >= 11 is 0. The molecule has 0 unspecified atom stereocenters. The normalized spacial score (nSPS) is 10.8. The van der Waals surface area contributed by atoms with Crippen molar-refractivity contribution in [3.63, 3.8) is 0 Å². The summed E-state index contributed by atoms with van der Waals surface area (Å²) in [5.41, 5.74) is 0.239. The van der Waals surface area contributed by atoms with Crippen LogP contribution in [0, 0.1) is 11.6 Å². The zero-order valence-corrected chi connectivity index (χ0v) is 9.16. The Morgan fingerprint density at radius 3 is 1.56 bits per heavy atom. The summed E-state index contributed by atoms with van der Waals surface area (Å²) in [6, 6.07) is 2.99. The fourth-order valence-corrected chi connectivity index (χ4v) is 1.73. The van der Waals surface area contributed by atoms with Crippen molar-refractivity contribution in [2.24, 2.45) is 0 Å². The highest BCUT2D eigenvalue weighted by atomic mass is 19.2. The van der Waals surface area contributed by atoms with E-state index in [2.05, 4.69) is 9.97 Å². The van der Waals surface area contributed by atoms with E-state index in [1.54, 1.807) is 12.4 Å². The van der Waals surface area contributed by atoms with E-state index >= 15 is 0 Å². The molecule has 0 spiro atoms. The van der Waals surface area contributed by atoms with Gasteiger partial charge in [-0.05, 0) is 12.1 Å². The minimum absolute atomic E-state index is 0.119. The Bertz CT molecular complexity index is 600. The van der Waals surface area contributed by atoms with Gasteiger partial charge in [-0.2, -0.15) is 0 Å². The van der Waals surface area contributed by atoms with Crippen molar-refractivity contribution < 1.29 is 8.78 Å². The maximum Gasteiger partial charge on any atom is 0.184 e. The number of halogens is 2. The number of rotatable bonds is 2. The molecular formula is C12H8F2N4. The lowest BCUT2D eigenvalue weighted by molar-refractivity contribution is 0.500. The number of benzene rings is 1. The molecule has 0 amide bonds. The molecule has 0 aliphatic rings. The van der Waals surface area contributed by atoms with Gasteiger partial charge in [-0.25, -0.2) is 18.7 Å². The van der Waals surface area contributed by atoms with E-state index in [0.29, 0.717) is 0 Å². The van der Waals surface area contributed by atoms with Crippen LogP contribution in [0.15, 0.2) is 49.6 Å². The lowest BCUT2D eigenvalue weighted by atomic mass is 10.2. The van der Waals surface area contributed by atoms with Gasteiger partial charge in [0.2, 0.25) is 0 Å². The van der Waals surface area contributed by atoms with E-state index in [-0.39, 0.29) is 11.4 Å². The molecule has 0 saturated carbocycles. The molecule has 3 rings (SSSR count). The van der Waals surface area contributed by atoms with E-state index in [9.17, 15) is 8.78 Å². The fraction of sp³-hybridized carbons (Fsp3) is 0. The molecule has 0 aliphatic carbocycles. The van der Waals surface area contributed by atoms with Crippen LogP contribution >= 0.6 is 0 Å². The van der Waals surface area contributed by atoms with Crippen LogP contribution < -0.4 is 0 Å². The number of imidazole rings is 2. The van der Waals surface area contributed by atoms with Crippen LogP contribution in [0.5, 0.6) is 0 Å². The maximum absolute atomic E-state index is 14.0. The third-order valence-corrected chi connectivity index (χ3v) is 2.61. The Morgan fingerprint density at radius 2 is 1.22 bits per heavy atom. The molecule has 4 nitrogen and oxygen atoms in total. The molecular weight excluding hydrogens is 238 g/mol. The third kappa shape index (κ3) is 1.58. The largest absolute Gasteiger partial charge is 0.303 e. The zero-order chi connectivity index (χ0) is 12.5. The van der Waals surface area contributed by atoms with E-state index < -0.39 is 11.6 Å². The van der Waals surface area contributed by atoms with Crippen LogP contribution in [0.3, 0.4) is 0 Å². The number of hydrogen-bond acceptors (Lipinski definition) is 2. The lowest BCUT2D eigenvalue weighted by Gasteiger charge is -2.09. The topological polar surface area (TPSA) is 35.6 Å². The van der Waals surface area contributed by atoms with Gasteiger partial charge in [-0.1, -0.05) is 0 Å². The van der Waals surface area contributed by atoms with Crippen LogP contribution in [0.25, 0.3) is 11.4 Å². The van der Waals surface area contributed by atoms with Gasteiger partial charge in [-0.15, -0.1) is 0 Å². The molecule has 0 saturated heterocycles. The summed E-state index contributed by atoms with van der Waals surface area (Å²) < 4.78 is 30.7. The Kier molecular flexibility index (Phi) is 2.40. The van der Waals surface area contributed by atoms with E-state index in [1.165, 1.54) is 46.3 Å². The highest BCUT2D eigenvalue weighted by Gasteiger charge is 2.15. The van der Waals surface area contributed by atoms with Crippen molar-refractivity contribution in [1.29, 1.82) is 0 Å². The van der Waals surface area contributed by atoms with Crippen molar-refractivity contribution >= 4 is 0 Å². The van der Waals surface area contributed by atoms with Crippen molar-refractivity contribution in [1.82, 2.24) is 19.1 Å². The van der Waals surface area contributed by atoms with Gasteiger partial charge in [0.25, 0.3) is 0 Å². The second-order valence-corrected chi connectivity index (χ2v) is 3.67. The first-order valence-corrected chi connectivity index (χ1v) is 5.22. The summed E-state index contributed by atoms with van der Waals surface area (Å²) in [6.07, 6.45) is 8.93. The Labute approximate surface area is 101 Å². The molecule has 2 heterocycles. The average Bonchev–Trinajstić information content (AvgIpc) is 3.03. The van der Waals surface area contributed by atoms with E-state index in [1.807, 2.05) is 0 Å². The number of aromatic nitrogens is 4. The monoisotopic (exact) mass is 246 g/mol. The van der Waals surface area contributed by atoms with Crippen molar-refractivity contribution in [3.05, 3.63) is 61.2 Å². The quantitative estimate of drug-likeness (QED) is 0.695. The predicted molar refractivity (Wildman–Crippen MR) is 60.6 cm³/mol. The Balaban J connectivity index is 2.15. The second kappa shape index (κ2) is 4.06. The summed E-state index contributed by atoms with van der Waals surface area (Å²) in [7, 11) is 0. The molecule has 0 N–H and O–H groups in total. The SMILES string of the molecule is Fc1c(-n2ccnc2)ccc(-n2ccnc2)c1F. The molecule has 18 heavy (non-hydrogen) atoms. The molecule has 0 aliphatic heterocycles. The average molecular weight is 246 g/mol. The minimum atomic E-state index is -0.917. The van der Waals surface area contributed by atoms with Gasteiger partial charge in [-0.3, -0.25) is 0 Å². The van der Waals surface area contributed by atoms with Gasteiger partial charge in [0.15, 0.2) is 11.6 Å². The first-order valence-electron chi connectivity index (χ1n) is 5.22. The lowest BCUT2D eigenvalue weighted by Crippen LogP contribution is -2.03. The first-order chi connectivity index (χ1) is 8.77. The van der Waals surface area contributed by atoms with Crippen molar-refractivity contribution in [2.45, 2.75) is 0 Å². The maximum atomic E-state index is 14.0. The molecule has 2 aromatic heterocycles. The molecule has 1 aromatic carbocycles. The summed E-state index contributed by atoms with van der Waals surface area (Å²) in [4.78, 5) is 7.60. The zero-order valence-electron chi connectivity index (χ0n) is 9.16. The summed E-state index contributed by atoms with van der Waals surface area (Å²) in [6.45, 7) is 0. The van der Waals surface area contributed by atoms with Gasteiger partial charge < -0.3 is 9.13 Å². The number of nitrogens with zero attached hydrogens (tertiary/aromatic N) is 4. The van der Waals surface area contributed by atoms with E-state index in [0.717, 1.165) is 0 Å². The fourth-order valence-electron chi connectivity index (χ4n) is 1.73. The van der Waals surface area contributed by atoms with Gasteiger partial charge in [0.1, 0.15) is 0 Å². The van der Waals surface area contributed by atoms with E-state index in [4.69, 9.17) is 0 Å². The predicted octanol–water partition coefficient (Wildman–Crippen LogP) is 2.34. The second-order valence-electron chi connectivity index (χ2n) is 3.67. The van der Waals surface area contributed by atoms with Crippen molar-refractivity contribution in [2.75, 3.05) is 0 Å². The highest BCUT2D eigenvalue weighted by Crippen LogP contribution is 2.22. The molecule has 0 radical (unpaired) electrons. The molecule has 3 aromatic rings. The highest BCUT2D eigenvalue weighted by molar-refractivity contribution is 5.44. The van der Waals surface area contributed by atoms with Crippen LogP contribution in [-0.2, 0) is 0 Å². The van der Waals surface area contributed by atoms with Crippen LogP contribution in [0.4, 0.5) is 8.78 Å². The Hall–Kier alpha value is -2.50. The molecule has 90 valence electrons. The smallest absolute Gasteiger partial charge is 0.184 e. The molecule has 6 heteroatoms. The third-order valence-electron chi connectivity index (χ3n) is 2.61. The molecule has 0 atom stereocenters. The van der Waals surface area contributed by atoms with Crippen LogP contribution in [0.1, 0.15) is 0 Å². The standard InChI is InChI=1S/C12H8F2N4/c13-11-9(17-5-3-15-7-17)1-2-10(12(11)14)18-6-4-16-8-18/h1-8H. The summed E-state index contributed by atoms with van der Waals surface area (Å²) in [5.74, 6) is -1.83. The van der Waals surface area contributed by atoms with Gasteiger partial charge in [0.05, 0.1) is 24.0 Å². The number of hydrogen-bond donors (Lipinski definition) is 0. The minimum Gasteiger partial charge on any atom is -0.303 e. The van der Waals surface area contributed by atoms with Crippen LogP contribution in [-0.4, -0.2) is 19.1 Å². The van der Waals surface area contributed by atoms with Crippen molar-refractivity contribution in [3.8, 4) is 11.4 Å². The molecule has 0 bridgehead atoms. The van der Waals surface area contributed by atoms with Gasteiger partial charge in [0, 0.05) is 24.8 Å². The Morgan fingerprint density at radius 1 is 0.778 bits per heavy atom.